The second kappa shape index (κ2) is 12.9. The third-order valence-corrected chi connectivity index (χ3v) is 8.85. The van der Waals surface area contributed by atoms with Gasteiger partial charge in [0.15, 0.2) is 0 Å². The minimum absolute atomic E-state index is 0.00809. The highest BCUT2D eigenvalue weighted by molar-refractivity contribution is 8.04. The molecule has 5 nitrogen and oxygen atoms in total. The predicted molar refractivity (Wildman–Crippen MR) is 165 cm³/mol. The summed E-state index contributed by atoms with van der Waals surface area (Å²) in [5, 5.41) is 3.07. The van der Waals surface area contributed by atoms with Crippen LogP contribution in [-0.4, -0.2) is 42.9 Å². The molecule has 0 bridgehead atoms. The summed E-state index contributed by atoms with van der Waals surface area (Å²) in [6.07, 6.45) is 4.19. The fourth-order valence-corrected chi connectivity index (χ4v) is 6.90. The highest BCUT2D eigenvalue weighted by Gasteiger charge is 2.29. The number of aryl methyl sites for hydroxylation is 1. The topological polar surface area (TPSA) is 52.7 Å². The maximum absolute atomic E-state index is 13.6. The SMILES string of the molecule is Cc1ccccc1CN1C(=O)/C(=C\c2ccc(C(=O)NCCCN3C[C@H](C)C[C@@H](C)C3)cc2)Sc2ccccc21. The van der Waals surface area contributed by atoms with Crippen molar-refractivity contribution >= 4 is 35.3 Å². The van der Waals surface area contributed by atoms with Crippen molar-refractivity contribution in [3.8, 4) is 0 Å². The molecule has 0 aliphatic carbocycles. The number of anilines is 1. The molecule has 0 saturated carbocycles. The van der Waals surface area contributed by atoms with E-state index in [1.165, 1.54) is 23.7 Å². The van der Waals surface area contributed by atoms with Crippen molar-refractivity contribution in [3.63, 3.8) is 0 Å². The largest absolute Gasteiger partial charge is 0.352 e. The molecule has 1 N–H and O–H groups in total. The summed E-state index contributed by atoms with van der Waals surface area (Å²) in [7, 11) is 0. The first-order chi connectivity index (χ1) is 19.4. The molecule has 3 aromatic carbocycles. The number of carbonyl (C=O) groups excluding carboxylic acids is 2. The van der Waals surface area contributed by atoms with E-state index in [1.54, 1.807) is 0 Å². The van der Waals surface area contributed by atoms with Crippen LogP contribution in [0.4, 0.5) is 5.69 Å². The van der Waals surface area contributed by atoms with Gasteiger partial charge >= 0.3 is 0 Å². The normalized spacial score (nSPS) is 20.4. The van der Waals surface area contributed by atoms with E-state index >= 15 is 0 Å². The van der Waals surface area contributed by atoms with Crippen LogP contribution in [0.5, 0.6) is 0 Å². The molecule has 0 radical (unpaired) electrons. The van der Waals surface area contributed by atoms with Gasteiger partial charge in [0.1, 0.15) is 0 Å². The highest BCUT2D eigenvalue weighted by Crippen LogP contribution is 2.42. The highest BCUT2D eigenvalue weighted by atomic mass is 32.2. The van der Waals surface area contributed by atoms with Crippen molar-refractivity contribution in [2.75, 3.05) is 31.1 Å². The van der Waals surface area contributed by atoms with Crippen LogP contribution in [0.15, 0.2) is 82.6 Å². The number of hydrogen-bond acceptors (Lipinski definition) is 4. The van der Waals surface area contributed by atoms with E-state index in [9.17, 15) is 9.59 Å². The first kappa shape index (κ1) is 28.2. The van der Waals surface area contributed by atoms with Gasteiger partial charge in [-0.3, -0.25) is 9.59 Å². The molecule has 5 rings (SSSR count). The lowest BCUT2D eigenvalue weighted by Crippen LogP contribution is -2.40. The van der Waals surface area contributed by atoms with Crippen molar-refractivity contribution in [1.29, 1.82) is 0 Å². The lowest BCUT2D eigenvalue weighted by Gasteiger charge is -2.34. The number of thioether (sulfide) groups is 1. The predicted octanol–water partition coefficient (Wildman–Crippen LogP) is 6.77. The third kappa shape index (κ3) is 6.86. The van der Waals surface area contributed by atoms with Gasteiger partial charge in [0.2, 0.25) is 0 Å². The molecule has 208 valence electrons. The number of amides is 2. The van der Waals surface area contributed by atoms with Crippen LogP contribution in [-0.2, 0) is 11.3 Å². The van der Waals surface area contributed by atoms with Crippen LogP contribution in [0, 0.1) is 18.8 Å². The van der Waals surface area contributed by atoms with Gasteiger partial charge in [-0.2, -0.15) is 0 Å². The van der Waals surface area contributed by atoms with Crippen molar-refractivity contribution in [3.05, 3.63) is 100.0 Å². The summed E-state index contributed by atoms with van der Waals surface area (Å²) in [6.45, 7) is 11.3. The monoisotopic (exact) mass is 553 g/mol. The van der Waals surface area contributed by atoms with E-state index in [2.05, 4.69) is 49.2 Å². The average Bonchev–Trinajstić information content (AvgIpc) is 2.94. The summed E-state index contributed by atoms with van der Waals surface area (Å²) in [4.78, 5) is 32.5. The molecular weight excluding hydrogens is 514 g/mol. The van der Waals surface area contributed by atoms with Gasteiger partial charge in [-0.15, -0.1) is 0 Å². The van der Waals surface area contributed by atoms with Crippen LogP contribution in [0.25, 0.3) is 6.08 Å². The number of nitrogens with zero attached hydrogens (tertiary/aromatic N) is 2. The molecule has 1 saturated heterocycles. The Morgan fingerprint density at radius 1 is 0.975 bits per heavy atom. The number of rotatable bonds is 8. The Bertz CT molecular complexity index is 1370. The van der Waals surface area contributed by atoms with E-state index in [1.807, 2.05) is 65.6 Å². The van der Waals surface area contributed by atoms with Crippen LogP contribution in [0.2, 0.25) is 0 Å². The fourth-order valence-electron chi connectivity index (χ4n) is 5.84. The van der Waals surface area contributed by atoms with Crippen LogP contribution >= 0.6 is 11.8 Å². The summed E-state index contributed by atoms with van der Waals surface area (Å²) < 4.78 is 0. The summed E-state index contributed by atoms with van der Waals surface area (Å²) in [5.74, 6) is 1.44. The Balaban J connectivity index is 1.22. The second-order valence-electron chi connectivity index (χ2n) is 11.3. The molecule has 2 amide bonds. The van der Waals surface area contributed by atoms with Crippen LogP contribution in [0.1, 0.15) is 53.7 Å². The zero-order valence-corrected chi connectivity index (χ0v) is 24.5. The van der Waals surface area contributed by atoms with E-state index in [0.29, 0.717) is 23.6 Å². The van der Waals surface area contributed by atoms with Gasteiger partial charge in [0, 0.05) is 30.1 Å². The summed E-state index contributed by atoms with van der Waals surface area (Å²) in [6, 6.07) is 23.8. The Hall–Kier alpha value is -3.35. The van der Waals surface area contributed by atoms with E-state index in [-0.39, 0.29) is 11.8 Å². The maximum Gasteiger partial charge on any atom is 0.265 e. The summed E-state index contributed by atoms with van der Waals surface area (Å²) in [5.41, 5.74) is 4.77. The molecule has 1 fully saturated rings. The van der Waals surface area contributed by atoms with E-state index in [0.717, 1.165) is 59.6 Å². The molecule has 6 heteroatoms. The first-order valence-electron chi connectivity index (χ1n) is 14.3. The van der Waals surface area contributed by atoms with E-state index in [4.69, 9.17) is 0 Å². The van der Waals surface area contributed by atoms with Gasteiger partial charge in [0.25, 0.3) is 11.8 Å². The Labute approximate surface area is 242 Å². The minimum Gasteiger partial charge on any atom is -0.352 e. The van der Waals surface area contributed by atoms with Gasteiger partial charge in [-0.1, -0.05) is 74.1 Å². The second-order valence-corrected chi connectivity index (χ2v) is 12.4. The standard InChI is InChI=1S/C34H39N3O2S/c1-24-19-25(2)22-36(21-24)18-8-17-35-33(38)28-15-13-27(14-16-28)20-32-34(39)37(23-29-10-5-4-9-26(29)3)30-11-6-7-12-31(30)40-32/h4-7,9-16,20,24-25H,8,17-19,21-23H2,1-3H3,(H,35,38)/b32-20+/t24-,25-/m1/s1. The first-order valence-corrected chi connectivity index (χ1v) is 15.1. The van der Waals surface area contributed by atoms with Gasteiger partial charge in [-0.05, 0) is 85.2 Å². The number of carbonyl (C=O) groups is 2. The molecular formula is C34H39N3O2S. The van der Waals surface area contributed by atoms with Gasteiger partial charge in [0.05, 0.1) is 17.1 Å². The number of piperidine rings is 1. The fraction of sp³-hybridized carbons (Fsp3) is 0.353. The molecule has 0 spiro atoms. The molecule has 0 unspecified atom stereocenters. The summed E-state index contributed by atoms with van der Waals surface area (Å²) >= 11 is 1.50. The smallest absolute Gasteiger partial charge is 0.265 e. The third-order valence-electron chi connectivity index (χ3n) is 7.77. The number of hydrogen-bond donors (Lipinski definition) is 1. The minimum atomic E-state index is -0.0546. The van der Waals surface area contributed by atoms with Gasteiger partial charge in [-0.25, -0.2) is 0 Å². The molecule has 3 aromatic rings. The Kier molecular flexibility index (Phi) is 9.08. The van der Waals surface area contributed by atoms with Crippen LogP contribution < -0.4 is 10.2 Å². The lowest BCUT2D eigenvalue weighted by atomic mass is 9.92. The number of fused-ring (bicyclic) bond motifs is 1. The molecule has 0 aromatic heterocycles. The molecule has 2 atom stereocenters. The van der Waals surface area contributed by atoms with Crippen molar-refractivity contribution < 1.29 is 9.59 Å². The van der Waals surface area contributed by atoms with Crippen LogP contribution in [0.3, 0.4) is 0 Å². The number of benzene rings is 3. The molecule has 40 heavy (non-hydrogen) atoms. The average molecular weight is 554 g/mol. The van der Waals surface area contributed by atoms with Crippen molar-refractivity contribution in [1.82, 2.24) is 10.2 Å². The van der Waals surface area contributed by atoms with Crippen molar-refractivity contribution in [2.45, 2.75) is 45.1 Å². The van der Waals surface area contributed by atoms with Crippen molar-refractivity contribution in [2.24, 2.45) is 11.8 Å². The molecule has 2 aliphatic rings. The molecule has 2 heterocycles. The Morgan fingerprint density at radius 2 is 1.68 bits per heavy atom. The van der Waals surface area contributed by atoms with E-state index < -0.39 is 0 Å². The maximum atomic E-state index is 13.6. The zero-order chi connectivity index (χ0) is 28.1. The van der Waals surface area contributed by atoms with Gasteiger partial charge < -0.3 is 15.1 Å². The number of likely N-dealkylation sites (tertiary alicyclic amines) is 1. The number of nitrogens with one attached hydrogen (secondary N) is 1. The zero-order valence-electron chi connectivity index (χ0n) is 23.7. The quantitative estimate of drug-likeness (QED) is 0.247. The number of para-hydroxylation sites is 1. The lowest BCUT2D eigenvalue weighted by molar-refractivity contribution is -0.114. The molecule has 2 aliphatic heterocycles. The Morgan fingerprint density at radius 3 is 2.42 bits per heavy atom.